The molecule has 0 atom stereocenters. The van der Waals surface area contributed by atoms with Gasteiger partial charge in [-0.2, -0.15) is 0 Å². The highest BCUT2D eigenvalue weighted by atomic mass is 16.5. The molecular formula is C22H30N4O3. The maximum Gasteiger partial charge on any atom is 0.150 e. The van der Waals surface area contributed by atoms with Gasteiger partial charge in [-0.05, 0) is 50.2 Å². The molecule has 156 valence electrons. The van der Waals surface area contributed by atoms with Gasteiger partial charge in [-0.25, -0.2) is 4.98 Å². The molecule has 7 nitrogen and oxygen atoms in total. The number of hydrogen-bond acceptors (Lipinski definition) is 7. The molecule has 0 spiro atoms. The summed E-state index contributed by atoms with van der Waals surface area (Å²) in [5.41, 5.74) is 2.27. The van der Waals surface area contributed by atoms with Crippen LogP contribution < -0.4 is 10.1 Å². The van der Waals surface area contributed by atoms with Gasteiger partial charge in [0.2, 0.25) is 0 Å². The van der Waals surface area contributed by atoms with E-state index >= 15 is 0 Å². The molecule has 0 aliphatic carbocycles. The first-order valence-electron chi connectivity index (χ1n) is 10.3. The van der Waals surface area contributed by atoms with Crippen LogP contribution in [0.15, 0.2) is 30.7 Å². The van der Waals surface area contributed by atoms with Crippen LogP contribution >= 0.6 is 0 Å². The van der Waals surface area contributed by atoms with E-state index in [1.165, 1.54) is 5.56 Å². The minimum atomic E-state index is -0.590. The van der Waals surface area contributed by atoms with Crippen LogP contribution in [0, 0.1) is 0 Å². The van der Waals surface area contributed by atoms with Gasteiger partial charge in [0, 0.05) is 26.3 Å². The third-order valence-corrected chi connectivity index (χ3v) is 6.07. The van der Waals surface area contributed by atoms with E-state index in [4.69, 9.17) is 19.4 Å². The Bertz CT molecular complexity index is 883. The first-order valence-corrected chi connectivity index (χ1v) is 10.3. The number of aromatic nitrogens is 2. The third kappa shape index (κ3) is 4.31. The molecule has 2 aliphatic rings. The molecule has 2 saturated heterocycles. The Labute approximate surface area is 171 Å². The highest BCUT2D eigenvalue weighted by molar-refractivity contribution is 5.85. The van der Waals surface area contributed by atoms with Gasteiger partial charge in [-0.15, -0.1) is 0 Å². The molecular weight excluding hydrogens is 368 g/mol. The SMILES string of the molecule is C=C(Nc1cnc2c(C3CCOCC3)ccc(OC)c2n1)N1CCC(C)(O)CC1. The predicted octanol–water partition coefficient (Wildman–Crippen LogP) is 3.26. The zero-order valence-corrected chi connectivity index (χ0v) is 17.3. The number of benzene rings is 1. The number of methoxy groups -OCH3 is 1. The van der Waals surface area contributed by atoms with Gasteiger partial charge in [-0.1, -0.05) is 12.6 Å². The fourth-order valence-electron chi connectivity index (χ4n) is 4.14. The number of fused-ring (bicyclic) bond motifs is 1. The summed E-state index contributed by atoms with van der Waals surface area (Å²) in [7, 11) is 1.66. The van der Waals surface area contributed by atoms with E-state index in [9.17, 15) is 5.11 Å². The van der Waals surface area contributed by atoms with Crippen LogP contribution in [0.1, 0.15) is 44.1 Å². The van der Waals surface area contributed by atoms with Gasteiger partial charge >= 0.3 is 0 Å². The number of ether oxygens (including phenoxy) is 2. The number of nitrogens with zero attached hydrogens (tertiary/aromatic N) is 3. The Balaban J connectivity index is 1.57. The molecule has 1 aromatic heterocycles. The van der Waals surface area contributed by atoms with E-state index in [0.29, 0.717) is 17.5 Å². The molecule has 7 heteroatoms. The van der Waals surface area contributed by atoms with E-state index in [1.54, 1.807) is 13.3 Å². The maximum absolute atomic E-state index is 10.2. The first kappa shape index (κ1) is 19.9. The fourth-order valence-corrected chi connectivity index (χ4v) is 4.14. The standard InChI is InChI=1S/C22H30N4O3/c1-15(26-10-8-22(2,27)9-11-26)24-19-14-23-20-17(16-6-12-29-13-7-16)4-5-18(28-3)21(20)25-19/h4-5,14,16,27H,1,6-13H2,2-3H3,(H,24,25). The minimum Gasteiger partial charge on any atom is -0.494 e. The van der Waals surface area contributed by atoms with E-state index in [-0.39, 0.29) is 0 Å². The van der Waals surface area contributed by atoms with E-state index in [0.717, 1.165) is 68.8 Å². The van der Waals surface area contributed by atoms with E-state index in [2.05, 4.69) is 22.9 Å². The summed E-state index contributed by atoms with van der Waals surface area (Å²) in [6.45, 7) is 9.13. The van der Waals surface area contributed by atoms with Crippen LogP contribution in [0.25, 0.3) is 11.0 Å². The van der Waals surface area contributed by atoms with Crippen molar-refractivity contribution in [2.24, 2.45) is 0 Å². The van der Waals surface area contributed by atoms with Crippen molar-refractivity contribution in [1.82, 2.24) is 14.9 Å². The Morgan fingerprint density at radius 3 is 2.69 bits per heavy atom. The lowest BCUT2D eigenvalue weighted by atomic mass is 9.90. The quantitative estimate of drug-likeness (QED) is 0.800. The fraction of sp³-hybridized carbons (Fsp3) is 0.545. The molecule has 2 N–H and O–H groups in total. The zero-order chi connectivity index (χ0) is 20.4. The Morgan fingerprint density at radius 1 is 1.28 bits per heavy atom. The Morgan fingerprint density at radius 2 is 2.00 bits per heavy atom. The molecule has 0 amide bonds. The zero-order valence-electron chi connectivity index (χ0n) is 17.3. The van der Waals surface area contributed by atoms with E-state index in [1.807, 2.05) is 13.0 Å². The van der Waals surface area contributed by atoms with Gasteiger partial charge in [-0.3, -0.25) is 4.98 Å². The molecule has 0 saturated carbocycles. The summed E-state index contributed by atoms with van der Waals surface area (Å²) >= 11 is 0. The molecule has 3 heterocycles. The largest absolute Gasteiger partial charge is 0.494 e. The average Bonchev–Trinajstić information content (AvgIpc) is 2.73. The normalized spacial score (nSPS) is 19.9. The Hall–Kier alpha value is -2.38. The predicted molar refractivity (Wildman–Crippen MR) is 113 cm³/mol. The van der Waals surface area contributed by atoms with Crippen molar-refractivity contribution in [1.29, 1.82) is 0 Å². The van der Waals surface area contributed by atoms with Crippen molar-refractivity contribution in [2.75, 3.05) is 38.7 Å². The topological polar surface area (TPSA) is 79.7 Å². The molecule has 1 aromatic carbocycles. The second-order valence-corrected chi connectivity index (χ2v) is 8.25. The average molecular weight is 399 g/mol. The van der Waals surface area contributed by atoms with Gasteiger partial charge in [0.05, 0.1) is 30.2 Å². The van der Waals surface area contributed by atoms with Gasteiger partial charge < -0.3 is 24.8 Å². The molecule has 29 heavy (non-hydrogen) atoms. The molecule has 2 aliphatic heterocycles. The summed E-state index contributed by atoms with van der Waals surface area (Å²) in [6.07, 6.45) is 5.20. The maximum atomic E-state index is 10.2. The molecule has 2 fully saturated rings. The van der Waals surface area contributed by atoms with Crippen molar-refractivity contribution in [3.63, 3.8) is 0 Å². The van der Waals surface area contributed by atoms with Crippen LogP contribution in [-0.2, 0) is 4.74 Å². The number of rotatable bonds is 5. The van der Waals surface area contributed by atoms with Crippen LogP contribution in [0.5, 0.6) is 5.75 Å². The lowest BCUT2D eigenvalue weighted by molar-refractivity contribution is 0.00326. The number of nitrogens with one attached hydrogen (secondary N) is 1. The molecule has 0 unspecified atom stereocenters. The van der Waals surface area contributed by atoms with Crippen LogP contribution in [0.4, 0.5) is 5.82 Å². The van der Waals surface area contributed by atoms with Crippen LogP contribution in [-0.4, -0.2) is 59.0 Å². The second-order valence-electron chi connectivity index (χ2n) is 8.25. The van der Waals surface area contributed by atoms with Crippen molar-refractivity contribution in [2.45, 2.75) is 44.1 Å². The van der Waals surface area contributed by atoms with Gasteiger partial charge in [0.25, 0.3) is 0 Å². The van der Waals surface area contributed by atoms with Gasteiger partial charge in [0.15, 0.2) is 5.82 Å². The second kappa shape index (κ2) is 8.16. The van der Waals surface area contributed by atoms with Crippen molar-refractivity contribution in [3.05, 3.63) is 36.3 Å². The lowest BCUT2D eigenvalue weighted by Crippen LogP contribution is -2.42. The monoisotopic (exact) mass is 398 g/mol. The molecule has 0 radical (unpaired) electrons. The number of anilines is 1. The first-order chi connectivity index (χ1) is 14.0. The smallest absolute Gasteiger partial charge is 0.150 e. The third-order valence-electron chi connectivity index (χ3n) is 6.07. The minimum absolute atomic E-state index is 0.432. The summed E-state index contributed by atoms with van der Waals surface area (Å²) < 4.78 is 11.1. The van der Waals surface area contributed by atoms with Crippen LogP contribution in [0.3, 0.4) is 0 Å². The van der Waals surface area contributed by atoms with E-state index < -0.39 is 5.60 Å². The number of hydrogen-bond donors (Lipinski definition) is 2. The summed E-state index contributed by atoms with van der Waals surface area (Å²) in [4.78, 5) is 11.7. The van der Waals surface area contributed by atoms with Gasteiger partial charge in [0.1, 0.15) is 11.3 Å². The lowest BCUT2D eigenvalue weighted by Gasteiger charge is -2.37. The van der Waals surface area contributed by atoms with Crippen molar-refractivity contribution >= 4 is 16.9 Å². The highest BCUT2D eigenvalue weighted by Crippen LogP contribution is 2.35. The van der Waals surface area contributed by atoms with Crippen molar-refractivity contribution in [3.8, 4) is 5.75 Å². The molecule has 0 bridgehead atoms. The summed E-state index contributed by atoms with van der Waals surface area (Å²) in [6, 6.07) is 4.09. The summed E-state index contributed by atoms with van der Waals surface area (Å²) in [5.74, 6) is 2.56. The molecule has 4 rings (SSSR count). The van der Waals surface area contributed by atoms with Crippen LogP contribution in [0.2, 0.25) is 0 Å². The molecule has 2 aromatic rings. The Kier molecular flexibility index (Phi) is 5.61. The van der Waals surface area contributed by atoms with Crippen molar-refractivity contribution < 1.29 is 14.6 Å². The highest BCUT2D eigenvalue weighted by Gasteiger charge is 2.28. The summed E-state index contributed by atoms with van der Waals surface area (Å²) in [5, 5.41) is 13.4. The number of piperidine rings is 1. The number of likely N-dealkylation sites (tertiary alicyclic amines) is 1. The number of aliphatic hydroxyl groups is 1.